The quantitative estimate of drug-likeness (QED) is 0.824. The third-order valence-electron chi connectivity index (χ3n) is 2.59. The van der Waals surface area contributed by atoms with E-state index in [1.54, 1.807) is 24.0 Å². The summed E-state index contributed by atoms with van der Waals surface area (Å²) in [5.74, 6) is 0. The maximum atomic E-state index is 9.23. The number of aliphatic hydroxyl groups is 1. The van der Waals surface area contributed by atoms with Gasteiger partial charge in [0.25, 0.3) is 0 Å². The Morgan fingerprint density at radius 3 is 3.00 bits per heavy atom. The van der Waals surface area contributed by atoms with Crippen molar-refractivity contribution >= 4 is 0 Å². The van der Waals surface area contributed by atoms with Crippen LogP contribution in [0.25, 0.3) is 11.3 Å². The van der Waals surface area contributed by atoms with Gasteiger partial charge in [0.2, 0.25) is 0 Å². The number of aryl methyl sites for hydroxylation is 1. The van der Waals surface area contributed by atoms with E-state index in [4.69, 9.17) is 0 Å². The molecule has 2 aromatic rings. The molecule has 18 heavy (non-hydrogen) atoms. The number of rotatable bonds is 5. The van der Waals surface area contributed by atoms with E-state index in [2.05, 4.69) is 15.4 Å². The lowest BCUT2D eigenvalue weighted by atomic mass is 10.1. The highest BCUT2D eigenvalue weighted by molar-refractivity contribution is 5.61. The Balaban J connectivity index is 2.16. The first-order valence-electron chi connectivity index (χ1n) is 5.98. The molecule has 1 unspecified atom stereocenters. The standard InChI is InChI=1S/C13H18N4O/c1-10(18)6-15-8-12-9-17(2)16-13(12)11-4-3-5-14-7-11/h3-5,7,9-10,15,18H,6,8H2,1-2H3. The second-order valence-electron chi connectivity index (χ2n) is 4.40. The van der Waals surface area contributed by atoms with Gasteiger partial charge in [-0.2, -0.15) is 5.10 Å². The van der Waals surface area contributed by atoms with Gasteiger partial charge in [-0.1, -0.05) is 0 Å². The normalized spacial score (nSPS) is 12.6. The molecule has 0 radical (unpaired) electrons. The summed E-state index contributed by atoms with van der Waals surface area (Å²) >= 11 is 0. The molecule has 0 saturated carbocycles. The van der Waals surface area contributed by atoms with Crippen molar-refractivity contribution in [3.05, 3.63) is 36.3 Å². The monoisotopic (exact) mass is 246 g/mol. The van der Waals surface area contributed by atoms with E-state index < -0.39 is 0 Å². The topological polar surface area (TPSA) is 63.0 Å². The molecule has 0 aliphatic heterocycles. The van der Waals surface area contributed by atoms with E-state index in [0.29, 0.717) is 13.1 Å². The average Bonchev–Trinajstić information content (AvgIpc) is 2.71. The molecule has 2 heterocycles. The van der Waals surface area contributed by atoms with Crippen LogP contribution in [0.4, 0.5) is 0 Å². The van der Waals surface area contributed by atoms with Crippen LogP contribution < -0.4 is 5.32 Å². The van der Waals surface area contributed by atoms with Gasteiger partial charge in [-0.05, 0) is 19.1 Å². The number of nitrogens with one attached hydrogen (secondary N) is 1. The predicted molar refractivity (Wildman–Crippen MR) is 69.8 cm³/mol. The third-order valence-corrected chi connectivity index (χ3v) is 2.59. The van der Waals surface area contributed by atoms with Crippen LogP contribution in [0.1, 0.15) is 12.5 Å². The molecule has 0 bridgehead atoms. The van der Waals surface area contributed by atoms with Crippen molar-refractivity contribution in [3.63, 3.8) is 0 Å². The number of hydrogen-bond donors (Lipinski definition) is 2. The lowest BCUT2D eigenvalue weighted by Gasteiger charge is -2.06. The molecule has 96 valence electrons. The minimum atomic E-state index is -0.344. The van der Waals surface area contributed by atoms with E-state index in [1.165, 1.54) is 0 Å². The van der Waals surface area contributed by atoms with Gasteiger partial charge in [0.1, 0.15) is 0 Å². The van der Waals surface area contributed by atoms with Crippen LogP contribution in [0.15, 0.2) is 30.7 Å². The maximum absolute atomic E-state index is 9.23. The first kappa shape index (κ1) is 12.7. The molecular weight excluding hydrogens is 228 g/mol. The van der Waals surface area contributed by atoms with Crippen LogP contribution in [0.3, 0.4) is 0 Å². The molecule has 2 N–H and O–H groups in total. The van der Waals surface area contributed by atoms with Gasteiger partial charge in [-0.25, -0.2) is 0 Å². The van der Waals surface area contributed by atoms with Gasteiger partial charge in [-0.15, -0.1) is 0 Å². The second kappa shape index (κ2) is 5.75. The molecule has 0 saturated heterocycles. The fourth-order valence-electron chi connectivity index (χ4n) is 1.83. The zero-order chi connectivity index (χ0) is 13.0. The Morgan fingerprint density at radius 1 is 1.50 bits per heavy atom. The van der Waals surface area contributed by atoms with E-state index in [9.17, 15) is 5.11 Å². The SMILES string of the molecule is CC(O)CNCc1cn(C)nc1-c1cccnc1. The summed E-state index contributed by atoms with van der Waals surface area (Å²) in [6.07, 6.45) is 5.19. The van der Waals surface area contributed by atoms with Gasteiger partial charge < -0.3 is 10.4 Å². The van der Waals surface area contributed by atoms with Gasteiger partial charge >= 0.3 is 0 Å². The lowest BCUT2D eigenvalue weighted by Crippen LogP contribution is -2.23. The summed E-state index contributed by atoms with van der Waals surface area (Å²) in [6, 6.07) is 3.89. The van der Waals surface area contributed by atoms with Crippen molar-refractivity contribution in [2.24, 2.45) is 7.05 Å². The predicted octanol–water partition coefficient (Wildman–Crippen LogP) is 0.952. The average molecular weight is 246 g/mol. The molecule has 2 rings (SSSR count). The molecule has 0 aromatic carbocycles. The number of hydrogen-bond acceptors (Lipinski definition) is 4. The van der Waals surface area contributed by atoms with Crippen LogP contribution in [0, 0.1) is 0 Å². The molecule has 0 aliphatic carbocycles. The number of nitrogens with zero attached hydrogens (tertiary/aromatic N) is 3. The van der Waals surface area contributed by atoms with Crippen molar-refractivity contribution in [3.8, 4) is 11.3 Å². The Labute approximate surface area is 106 Å². The van der Waals surface area contributed by atoms with E-state index >= 15 is 0 Å². The highest BCUT2D eigenvalue weighted by Gasteiger charge is 2.09. The minimum absolute atomic E-state index is 0.344. The van der Waals surface area contributed by atoms with Crippen LogP contribution in [0.2, 0.25) is 0 Å². The maximum Gasteiger partial charge on any atom is 0.0983 e. The molecule has 1 atom stereocenters. The fraction of sp³-hybridized carbons (Fsp3) is 0.385. The summed E-state index contributed by atoms with van der Waals surface area (Å²) in [7, 11) is 1.90. The molecule has 0 spiro atoms. The van der Waals surface area contributed by atoms with Gasteiger partial charge in [0.15, 0.2) is 0 Å². The summed E-state index contributed by atoms with van der Waals surface area (Å²) in [5, 5.41) is 16.9. The lowest BCUT2D eigenvalue weighted by molar-refractivity contribution is 0.191. The summed E-state index contributed by atoms with van der Waals surface area (Å²) in [6.45, 7) is 3.02. The van der Waals surface area contributed by atoms with Crippen molar-refractivity contribution in [2.45, 2.75) is 19.6 Å². The first-order chi connectivity index (χ1) is 8.66. The number of aromatic nitrogens is 3. The van der Waals surface area contributed by atoms with Gasteiger partial charge in [-0.3, -0.25) is 9.67 Å². The van der Waals surface area contributed by atoms with E-state index in [1.807, 2.05) is 25.4 Å². The van der Waals surface area contributed by atoms with Crippen molar-refractivity contribution in [2.75, 3.05) is 6.54 Å². The summed E-state index contributed by atoms with van der Waals surface area (Å²) < 4.78 is 1.79. The number of aliphatic hydroxyl groups excluding tert-OH is 1. The third kappa shape index (κ3) is 3.15. The highest BCUT2D eigenvalue weighted by atomic mass is 16.3. The molecule has 5 heteroatoms. The second-order valence-corrected chi connectivity index (χ2v) is 4.40. The van der Waals surface area contributed by atoms with Crippen molar-refractivity contribution < 1.29 is 5.11 Å². The first-order valence-corrected chi connectivity index (χ1v) is 5.98. The van der Waals surface area contributed by atoms with Crippen molar-refractivity contribution in [1.29, 1.82) is 0 Å². The molecule has 0 aliphatic rings. The Kier molecular flexibility index (Phi) is 4.07. The van der Waals surface area contributed by atoms with Crippen LogP contribution in [-0.2, 0) is 13.6 Å². The molecule has 0 fully saturated rings. The molecule has 5 nitrogen and oxygen atoms in total. The van der Waals surface area contributed by atoms with Crippen LogP contribution in [-0.4, -0.2) is 32.5 Å². The fourth-order valence-corrected chi connectivity index (χ4v) is 1.83. The zero-order valence-corrected chi connectivity index (χ0v) is 10.7. The molecular formula is C13H18N4O. The smallest absolute Gasteiger partial charge is 0.0983 e. The molecule has 0 amide bonds. The number of pyridine rings is 1. The molecule has 2 aromatic heterocycles. The largest absolute Gasteiger partial charge is 0.392 e. The Morgan fingerprint density at radius 2 is 2.33 bits per heavy atom. The van der Waals surface area contributed by atoms with Gasteiger partial charge in [0, 0.05) is 49.9 Å². The Hall–Kier alpha value is -1.72. The summed E-state index contributed by atoms with van der Waals surface area (Å²) in [4.78, 5) is 4.11. The Bertz CT molecular complexity index is 493. The highest BCUT2D eigenvalue weighted by Crippen LogP contribution is 2.20. The minimum Gasteiger partial charge on any atom is -0.392 e. The van der Waals surface area contributed by atoms with Crippen LogP contribution in [0.5, 0.6) is 0 Å². The summed E-state index contributed by atoms with van der Waals surface area (Å²) in [5.41, 5.74) is 3.04. The van der Waals surface area contributed by atoms with E-state index in [-0.39, 0.29) is 6.10 Å². The zero-order valence-electron chi connectivity index (χ0n) is 10.7. The van der Waals surface area contributed by atoms with E-state index in [0.717, 1.165) is 16.8 Å². The van der Waals surface area contributed by atoms with Crippen molar-refractivity contribution in [1.82, 2.24) is 20.1 Å². The van der Waals surface area contributed by atoms with Crippen LogP contribution >= 0.6 is 0 Å². The van der Waals surface area contributed by atoms with Gasteiger partial charge in [0.05, 0.1) is 11.8 Å².